The third-order valence-corrected chi connectivity index (χ3v) is 3.03. The number of aliphatic hydroxyl groups excluding tert-OH is 1. The lowest BCUT2D eigenvalue weighted by molar-refractivity contribution is 0.237. The molecule has 0 aliphatic rings. The second-order valence-electron chi connectivity index (χ2n) is 4.10. The number of nitrogens with two attached hydrogens (primary N) is 1. The quantitative estimate of drug-likeness (QED) is 0.591. The van der Waals surface area contributed by atoms with E-state index in [0.717, 1.165) is 5.56 Å². The Morgan fingerprint density at radius 2 is 2.18 bits per heavy atom. The highest BCUT2D eigenvalue weighted by Gasteiger charge is 2.14. The van der Waals surface area contributed by atoms with Gasteiger partial charge >= 0.3 is 0 Å². The molecule has 0 bridgehead atoms. The highest BCUT2D eigenvalue weighted by atomic mass is 79.9. The second kappa shape index (κ2) is 6.01. The molecule has 0 spiro atoms. The molecule has 0 saturated carbocycles. The molecule has 0 fully saturated rings. The lowest BCUT2D eigenvalue weighted by Crippen LogP contribution is -2.30. The molecule has 1 aromatic rings. The number of aliphatic hydroxyl groups is 1. The smallest absolute Gasteiger partial charge is 0.210 e. The standard InChI is InChI=1S/C12H16BrN3O/c1-7(2)16-11(6-17)8-4-9(13)12(14)10(5-8)15-3/h4-5,7,11,16-17H,6,14H2,1-2H3. The van der Waals surface area contributed by atoms with Crippen molar-refractivity contribution >= 4 is 27.3 Å². The molecule has 92 valence electrons. The maximum atomic E-state index is 9.37. The van der Waals surface area contributed by atoms with Gasteiger partial charge in [-0.15, -0.1) is 0 Å². The van der Waals surface area contributed by atoms with E-state index < -0.39 is 0 Å². The molecule has 0 heterocycles. The lowest BCUT2D eigenvalue weighted by atomic mass is 10.1. The number of hydrogen-bond donors (Lipinski definition) is 3. The summed E-state index contributed by atoms with van der Waals surface area (Å²) in [6, 6.07) is 3.61. The summed E-state index contributed by atoms with van der Waals surface area (Å²) >= 11 is 3.32. The van der Waals surface area contributed by atoms with E-state index in [1.54, 1.807) is 6.07 Å². The maximum absolute atomic E-state index is 9.37. The minimum atomic E-state index is -0.188. The molecule has 1 aromatic carbocycles. The zero-order valence-electron chi connectivity index (χ0n) is 9.87. The molecule has 0 aromatic heterocycles. The van der Waals surface area contributed by atoms with Gasteiger partial charge in [-0.2, -0.15) is 0 Å². The fourth-order valence-electron chi connectivity index (χ4n) is 1.57. The second-order valence-corrected chi connectivity index (χ2v) is 4.96. The van der Waals surface area contributed by atoms with Crippen LogP contribution in [0.25, 0.3) is 4.85 Å². The van der Waals surface area contributed by atoms with Crippen LogP contribution in [0.3, 0.4) is 0 Å². The van der Waals surface area contributed by atoms with Crippen LogP contribution in [0, 0.1) is 6.57 Å². The van der Waals surface area contributed by atoms with Crippen LogP contribution in [-0.2, 0) is 0 Å². The monoisotopic (exact) mass is 297 g/mol. The Morgan fingerprint density at radius 3 is 2.65 bits per heavy atom. The molecular weight excluding hydrogens is 282 g/mol. The first-order chi connectivity index (χ1) is 7.99. The summed E-state index contributed by atoms with van der Waals surface area (Å²) in [7, 11) is 0. The van der Waals surface area contributed by atoms with Gasteiger partial charge in [0.15, 0.2) is 0 Å². The molecular formula is C12H16BrN3O. The summed E-state index contributed by atoms with van der Waals surface area (Å²) in [5.41, 5.74) is 7.45. The van der Waals surface area contributed by atoms with E-state index in [-0.39, 0.29) is 18.7 Å². The van der Waals surface area contributed by atoms with Gasteiger partial charge in [0.05, 0.1) is 24.9 Å². The first kappa shape index (κ1) is 14.0. The molecule has 0 amide bonds. The van der Waals surface area contributed by atoms with E-state index in [1.165, 1.54) is 0 Å². The van der Waals surface area contributed by atoms with E-state index in [0.29, 0.717) is 15.8 Å². The molecule has 0 radical (unpaired) electrons. The van der Waals surface area contributed by atoms with Crippen molar-refractivity contribution in [3.05, 3.63) is 33.6 Å². The van der Waals surface area contributed by atoms with Crippen LogP contribution < -0.4 is 11.1 Å². The van der Waals surface area contributed by atoms with Gasteiger partial charge in [-0.25, -0.2) is 4.85 Å². The van der Waals surface area contributed by atoms with Crippen molar-refractivity contribution in [2.24, 2.45) is 0 Å². The maximum Gasteiger partial charge on any atom is 0.210 e. The van der Waals surface area contributed by atoms with Gasteiger partial charge in [-0.1, -0.05) is 29.8 Å². The fraction of sp³-hybridized carbons (Fsp3) is 0.417. The summed E-state index contributed by atoms with van der Waals surface area (Å²) in [6.07, 6.45) is 0. The molecule has 4 nitrogen and oxygen atoms in total. The van der Waals surface area contributed by atoms with Crippen LogP contribution in [0.2, 0.25) is 0 Å². The van der Waals surface area contributed by atoms with E-state index in [1.807, 2.05) is 19.9 Å². The van der Waals surface area contributed by atoms with Crippen molar-refractivity contribution < 1.29 is 5.11 Å². The van der Waals surface area contributed by atoms with Gasteiger partial charge in [0.1, 0.15) is 0 Å². The van der Waals surface area contributed by atoms with Crippen molar-refractivity contribution in [3.8, 4) is 0 Å². The number of nitrogens with one attached hydrogen (secondary N) is 1. The van der Waals surface area contributed by atoms with Crippen molar-refractivity contribution in [1.29, 1.82) is 0 Å². The van der Waals surface area contributed by atoms with E-state index >= 15 is 0 Å². The molecule has 0 aliphatic carbocycles. The van der Waals surface area contributed by atoms with E-state index in [4.69, 9.17) is 12.3 Å². The largest absolute Gasteiger partial charge is 0.406 e. The summed E-state index contributed by atoms with van der Waals surface area (Å²) in [4.78, 5) is 3.37. The summed E-state index contributed by atoms with van der Waals surface area (Å²) in [6.45, 7) is 11.0. The Morgan fingerprint density at radius 1 is 1.53 bits per heavy atom. The highest BCUT2D eigenvalue weighted by Crippen LogP contribution is 2.33. The molecule has 5 heteroatoms. The number of nitrogens with zero attached hydrogens (tertiary/aromatic N) is 1. The number of nitrogen functional groups attached to an aromatic ring is 1. The third-order valence-electron chi connectivity index (χ3n) is 2.37. The van der Waals surface area contributed by atoms with Gasteiger partial charge in [0.25, 0.3) is 0 Å². The number of anilines is 1. The van der Waals surface area contributed by atoms with Crippen molar-refractivity contribution in [2.75, 3.05) is 12.3 Å². The van der Waals surface area contributed by atoms with Crippen LogP contribution in [-0.4, -0.2) is 17.8 Å². The van der Waals surface area contributed by atoms with E-state index in [2.05, 4.69) is 26.1 Å². The van der Waals surface area contributed by atoms with Gasteiger partial charge in [-0.3, -0.25) is 0 Å². The minimum absolute atomic E-state index is 0.0218. The van der Waals surface area contributed by atoms with Gasteiger partial charge < -0.3 is 16.2 Å². The molecule has 4 N–H and O–H groups in total. The predicted octanol–water partition coefficient (Wildman–Crippen LogP) is 2.61. The van der Waals surface area contributed by atoms with Gasteiger partial charge in [-0.05, 0) is 17.7 Å². The minimum Gasteiger partial charge on any atom is -0.406 e. The predicted molar refractivity (Wildman–Crippen MR) is 72.9 cm³/mol. The molecule has 17 heavy (non-hydrogen) atoms. The molecule has 0 saturated heterocycles. The zero-order chi connectivity index (χ0) is 13.0. The number of rotatable bonds is 4. The zero-order valence-corrected chi connectivity index (χ0v) is 11.5. The van der Waals surface area contributed by atoms with Crippen molar-refractivity contribution in [2.45, 2.75) is 25.9 Å². The first-order valence-corrected chi connectivity index (χ1v) is 6.12. The molecule has 1 rings (SSSR count). The Kier molecular flexibility index (Phi) is 4.94. The van der Waals surface area contributed by atoms with E-state index in [9.17, 15) is 5.11 Å². The SMILES string of the molecule is [C-]#[N+]c1cc(C(CO)NC(C)C)cc(Br)c1N. The average Bonchev–Trinajstić information content (AvgIpc) is 2.29. The van der Waals surface area contributed by atoms with Crippen LogP contribution in [0.4, 0.5) is 11.4 Å². The number of halogens is 1. The molecule has 1 atom stereocenters. The summed E-state index contributed by atoms with van der Waals surface area (Å²) in [5, 5.41) is 12.6. The van der Waals surface area contributed by atoms with Crippen molar-refractivity contribution in [3.63, 3.8) is 0 Å². The van der Waals surface area contributed by atoms with Crippen molar-refractivity contribution in [1.82, 2.24) is 5.32 Å². The summed E-state index contributed by atoms with van der Waals surface area (Å²) in [5.74, 6) is 0. The fourth-order valence-corrected chi connectivity index (χ4v) is 2.04. The lowest BCUT2D eigenvalue weighted by Gasteiger charge is -2.20. The van der Waals surface area contributed by atoms with Crippen LogP contribution in [0.5, 0.6) is 0 Å². The topological polar surface area (TPSA) is 62.6 Å². The Hall–Kier alpha value is -1.09. The highest BCUT2D eigenvalue weighted by molar-refractivity contribution is 9.10. The average molecular weight is 298 g/mol. The molecule has 0 aliphatic heterocycles. The number of benzene rings is 1. The Balaban J connectivity index is 3.13. The first-order valence-electron chi connectivity index (χ1n) is 5.32. The molecule has 1 unspecified atom stereocenters. The Bertz CT molecular complexity index is 440. The van der Waals surface area contributed by atoms with Gasteiger partial charge in [0.2, 0.25) is 5.69 Å². The van der Waals surface area contributed by atoms with Crippen LogP contribution in [0.1, 0.15) is 25.5 Å². The Labute approximate surface area is 110 Å². The van der Waals surface area contributed by atoms with Gasteiger partial charge in [0, 0.05) is 10.5 Å². The summed E-state index contributed by atoms with van der Waals surface area (Å²) < 4.78 is 0.685. The van der Waals surface area contributed by atoms with Crippen LogP contribution >= 0.6 is 15.9 Å². The normalized spacial score (nSPS) is 12.5. The van der Waals surface area contributed by atoms with Crippen LogP contribution in [0.15, 0.2) is 16.6 Å². The third kappa shape index (κ3) is 3.43. The number of hydrogen-bond acceptors (Lipinski definition) is 3.